The van der Waals surface area contributed by atoms with Gasteiger partial charge >= 0.3 is 0 Å². The van der Waals surface area contributed by atoms with Crippen LogP contribution in [0.3, 0.4) is 0 Å². The summed E-state index contributed by atoms with van der Waals surface area (Å²) in [6.07, 6.45) is 3.76. The summed E-state index contributed by atoms with van der Waals surface area (Å²) in [5, 5.41) is 3.92. The molecule has 1 unspecified atom stereocenters. The lowest BCUT2D eigenvalue weighted by Crippen LogP contribution is -2.50. The minimum Gasteiger partial charge on any atom is -0.310 e. The van der Waals surface area contributed by atoms with Crippen LogP contribution < -0.4 is 5.32 Å². The lowest BCUT2D eigenvalue weighted by atomic mass is 9.95. The van der Waals surface area contributed by atoms with Crippen molar-refractivity contribution in [2.45, 2.75) is 38.3 Å². The summed E-state index contributed by atoms with van der Waals surface area (Å²) in [6, 6.07) is 5.28. The fourth-order valence-corrected chi connectivity index (χ4v) is 3.51. The fourth-order valence-electron chi connectivity index (χ4n) is 3.32. The van der Waals surface area contributed by atoms with Gasteiger partial charge in [-0.1, -0.05) is 23.7 Å². The predicted molar refractivity (Wildman–Crippen MR) is 80.4 cm³/mol. The molecule has 0 radical (unpaired) electrons. The Morgan fingerprint density at radius 1 is 1.45 bits per heavy atom. The molecule has 20 heavy (non-hydrogen) atoms. The Morgan fingerprint density at radius 3 is 3.00 bits per heavy atom. The van der Waals surface area contributed by atoms with Gasteiger partial charge in [-0.3, -0.25) is 4.90 Å². The maximum absolute atomic E-state index is 14.0. The Kier molecular flexibility index (Phi) is 4.02. The van der Waals surface area contributed by atoms with Crippen LogP contribution in [0.4, 0.5) is 4.39 Å². The normalized spacial score (nSPS) is 28.4. The van der Waals surface area contributed by atoms with Gasteiger partial charge in [-0.15, -0.1) is 0 Å². The van der Waals surface area contributed by atoms with E-state index in [2.05, 4.69) is 17.1 Å². The van der Waals surface area contributed by atoms with Gasteiger partial charge in [0.2, 0.25) is 0 Å². The molecule has 1 atom stereocenters. The monoisotopic (exact) mass is 296 g/mol. The molecule has 1 aliphatic heterocycles. The minimum atomic E-state index is -0.264. The Hall–Kier alpha value is -0.640. The Labute approximate surface area is 125 Å². The van der Waals surface area contributed by atoms with Crippen LogP contribution in [0.2, 0.25) is 5.02 Å². The molecule has 2 fully saturated rings. The van der Waals surface area contributed by atoms with Crippen molar-refractivity contribution < 1.29 is 4.39 Å². The maximum atomic E-state index is 14.0. The third kappa shape index (κ3) is 3.00. The molecular formula is C16H22ClFN2. The van der Waals surface area contributed by atoms with Crippen molar-refractivity contribution in [1.29, 1.82) is 0 Å². The Morgan fingerprint density at radius 2 is 2.25 bits per heavy atom. The zero-order chi connectivity index (χ0) is 14.2. The van der Waals surface area contributed by atoms with Crippen LogP contribution in [-0.2, 0) is 6.54 Å². The first kappa shape index (κ1) is 14.3. The van der Waals surface area contributed by atoms with Crippen molar-refractivity contribution >= 4 is 11.6 Å². The number of hydrogen-bond acceptors (Lipinski definition) is 2. The van der Waals surface area contributed by atoms with Gasteiger partial charge in [-0.25, -0.2) is 4.39 Å². The Bertz CT molecular complexity index is 489. The summed E-state index contributed by atoms with van der Waals surface area (Å²) in [5.74, 6) is 0.520. The lowest BCUT2D eigenvalue weighted by molar-refractivity contribution is 0.193. The molecule has 1 aromatic carbocycles. The van der Waals surface area contributed by atoms with Crippen molar-refractivity contribution in [3.8, 4) is 0 Å². The van der Waals surface area contributed by atoms with Gasteiger partial charge in [0, 0.05) is 24.2 Å². The zero-order valence-electron chi connectivity index (χ0n) is 12.0. The topological polar surface area (TPSA) is 15.3 Å². The number of rotatable bonds is 3. The summed E-state index contributed by atoms with van der Waals surface area (Å²) in [6.45, 7) is 6.03. The van der Waals surface area contributed by atoms with Gasteiger partial charge < -0.3 is 5.32 Å². The first-order valence-electron chi connectivity index (χ1n) is 7.49. The van der Waals surface area contributed by atoms with E-state index in [1.165, 1.54) is 12.8 Å². The van der Waals surface area contributed by atoms with E-state index >= 15 is 0 Å². The quantitative estimate of drug-likeness (QED) is 0.919. The van der Waals surface area contributed by atoms with Crippen molar-refractivity contribution in [2.24, 2.45) is 5.92 Å². The molecule has 1 aliphatic carbocycles. The molecule has 0 aromatic heterocycles. The largest absolute Gasteiger partial charge is 0.310 e. The first-order valence-corrected chi connectivity index (χ1v) is 7.86. The van der Waals surface area contributed by atoms with Gasteiger partial charge in [0.15, 0.2) is 0 Å². The van der Waals surface area contributed by atoms with Crippen molar-refractivity contribution in [3.63, 3.8) is 0 Å². The number of nitrogens with one attached hydrogen (secondary N) is 1. The lowest BCUT2D eigenvalue weighted by Gasteiger charge is -2.34. The Balaban J connectivity index is 1.74. The average Bonchev–Trinajstić information content (AvgIpc) is 3.23. The molecule has 1 N–H and O–H groups in total. The maximum Gasteiger partial charge on any atom is 0.146 e. The van der Waals surface area contributed by atoms with Gasteiger partial charge in [-0.2, -0.15) is 0 Å². The molecular weight excluding hydrogens is 275 g/mol. The van der Waals surface area contributed by atoms with Gasteiger partial charge in [0.25, 0.3) is 0 Å². The van der Waals surface area contributed by atoms with Crippen molar-refractivity contribution in [2.75, 3.05) is 19.6 Å². The fraction of sp³-hybridized carbons (Fsp3) is 0.625. The van der Waals surface area contributed by atoms with Gasteiger partial charge in [0.05, 0.1) is 5.02 Å². The number of halogens is 2. The molecule has 3 rings (SSSR count). The molecule has 2 aliphatic rings. The second-order valence-corrected chi connectivity index (χ2v) is 6.80. The first-order chi connectivity index (χ1) is 9.58. The number of benzene rings is 1. The second kappa shape index (κ2) is 5.63. The molecule has 1 aromatic rings. The summed E-state index contributed by atoms with van der Waals surface area (Å²) in [5.41, 5.74) is 0.892. The molecule has 1 heterocycles. The zero-order valence-corrected chi connectivity index (χ0v) is 12.7. The molecule has 110 valence electrons. The standard InChI is InChI=1S/C16H22ClFN2/c1-16(13-6-7-13)11-20(9-3-8-19-16)10-12-4-2-5-14(17)15(12)18/h2,4-5,13,19H,3,6-11H2,1H3. The van der Waals surface area contributed by atoms with E-state index in [0.717, 1.165) is 32.0 Å². The number of nitrogens with zero attached hydrogens (tertiary/aromatic N) is 1. The van der Waals surface area contributed by atoms with E-state index in [1.54, 1.807) is 6.07 Å². The minimum absolute atomic E-state index is 0.186. The van der Waals surface area contributed by atoms with E-state index in [1.807, 2.05) is 12.1 Å². The van der Waals surface area contributed by atoms with E-state index in [4.69, 9.17) is 11.6 Å². The SMILES string of the molecule is CC1(C2CC2)CN(Cc2cccc(Cl)c2F)CCCN1. The third-order valence-electron chi connectivity index (χ3n) is 4.64. The van der Waals surface area contributed by atoms with Crippen molar-refractivity contribution in [1.82, 2.24) is 10.2 Å². The van der Waals surface area contributed by atoms with E-state index < -0.39 is 0 Å². The highest BCUT2D eigenvalue weighted by atomic mass is 35.5. The van der Waals surface area contributed by atoms with Crippen LogP contribution in [0.15, 0.2) is 18.2 Å². The predicted octanol–water partition coefficient (Wildman–Crippen LogP) is 3.44. The van der Waals surface area contributed by atoms with Crippen LogP contribution in [-0.4, -0.2) is 30.1 Å². The molecule has 0 spiro atoms. The van der Waals surface area contributed by atoms with Crippen LogP contribution >= 0.6 is 11.6 Å². The van der Waals surface area contributed by atoms with Crippen LogP contribution in [0.25, 0.3) is 0 Å². The summed E-state index contributed by atoms with van der Waals surface area (Å²) >= 11 is 5.87. The second-order valence-electron chi connectivity index (χ2n) is 6.40. The van der Waals surface area contributed by atoms with Crippen LogP contribution in [0.5, 0.6) is 0 Å². The number of hydrogen-bond donors (Lipinski definition) is 1. The van der Waals surface area contributed by atoms with Crippen molar-refractivity contribution in [3.05, 3.63) is 34.6 Å². The molecule has 0 amide bonds. The van der Waals surface area contributed by atoms with Crippen LogP contribution in [0, 0.1) is 11.7 Å². The highest BCUT2D eigenvalue weighted by Crippen LogP contribution is 2.40. The highest BCUT2D eigenvalue weighted by Gasteiger charge is 2.42. The van der Waals surface area contributed by atoms with E-state index in [0.29, 0.717) is 12.1 Å². The average molecular weight is 297 g/mol. The van der Waals surface area contributed by atoms with E-state index in [9.17, 15) is 4.39 Å². The summed E-state index contributed by atoms with van der Waals surface area (Å²) in [4.78, 5) is 2.37. The molecule has 1 saturated carbocycles. The smallest absolute Gasteiger partial charge is 0.146 e. The van der Waals surface area contributed by atoms with E-state index in [-0.39, 0.29) is 16.4 Å². The summed E-state index contributed by atoms with van der Waals surface area (Å²) in [7, 11) is 0. The highest BCUT2D eigenvalue weighted by molar-refractivity contribution is 6.30. The molecule has 0 bridgehead atoms. The molecule has 4 heteroatoms. The molecule has 1 saturated heterocycles. The van der Waals surface area contributed by atoms with Gasteiger partial charge in [0.1, 0.15) is 5.82 Å². The third-order valence-corrected chi connectivity index (χ3v) is 4.93. The van der Waals surface area contributed by atoms with Gasteiger partial charge in [-0.05, 0) is 51.3 Å². The molecule has 2 nitrogen and oxygen atoms in total. The summed E-state index contributed by atoms with van der Waals surface area (Å²) < 4.78 is 14.0. The van der Waals surface area contributed by atoms with Crippen LogP contribution in [0.1, 0.15) is 31.7 Å².